The minimum absolute atomic E-state index is 0.0619. The van der Waals surface area contributed by atoms with Crippen LogP contribution in [-0.2, 0) is 11.8 Å². The molecular formula is C22H34O3. The van der Waals surface area contributed by atoms with Crippen LogP contribution in [0.4, 0.5) is 0 Å². The number of ether oxygens (including phenoxy) is 2. The van der Waals surface area contributed by atoms with E-state index < -0.39 is 0 Å². The van der Waals surface area contributed by atoms with Gasteiger partial charge in [0.05, 0.1) is 20.3 Å². The Morgan fingerprint density at radius 1 is 1.12 bits per heavy atom. The summed E-state index contributed by atoms with van der Waals surface area (Å²) < 4.78 is 11.7. The molecule has 1 unspecified atom stereocenters. The smallest absolute Gasteiger partial charge is 0.129 e. The van der Waals surface area contributed by atoms with E-state index in [1.807, 2.05) is 0 Å². The third-order valence-corrected chi connectivity index (χ3v) is 7.15. The Labute approximate surface area is 152 Å². The number of benzene rings is 1. The highest BCUT2D eigenvalue weighted by atomic mass is 16.5. The third-order valence-electron chi connectivity index (χ3n) is 7.15. The van der Waals surface area contributed by atoms with Crippen LogP contribution in [0, 0.1) is 11.3 Å². The van der Waals surface area contributed by atoms with Crippen molar-refractivity contribution in [2.75, 3.05) is 14.2 Å². The van der Waals surface area contributed by atoms with E-state index in [1.165, 1.54) is 16.7 Å². The zero-order valence-electron chi connectivity index (χ0n) is 16.9. The van der Waals surface area contributed by atoms with Crippen LogP contribution in [0.25, 0.3) is 0 Å². The van der Waals surface area contributed by atoms with Crippen molar-refractivity contribution in [3.63, 3.8) is 0 Å². The zero-order chi connectivity index (χ0) is 18.6. The van der Waals surface area contributed by atoms with Gasteiger partial charge in [0, 0.05) is 5.56 Å². The molecule has 0 heterocycles. The van der Waals surface area contributed by atoms with Gasteiger partial charge in [-0.2, -0.15) is 0 Å². The van der Waals surface area contributed by atoms with E-state index in [1.54, 1.807) is 14.2 Å². The standard InChI is InChI=1S/C22H34O3/c1-13(2)19-16(24-6)12-15-14(20(19)25-7)8-9-17-21(3,4)18(23)10-11-22(15,17)5/h12-13,17-18,23H,8-11H2,1-7H3/t17?,18-,22+/m0/s1. The molecular weight excluding hydrogens is 312 g/mol. The molecule has 2 aliphatic rings. The first-order valence-electron chi connectivity index (χ1n) is 9.64. The Bertz CT molecular complexity index is 662. The van der Waals surface area contributed by atoms with Crippen molar-refractivity contribution >= 4 is 0 Å². The minimum atomic E-state index is -0.217. The quantitative estimate of drug-likeness (QED) is 0.852. The number of rotatable bonds is 3. The van der Waals surface area contributed by atoms with E-state index in [-0.39, 0.29) is 16.9 Å². The van der Waals surface area contributed by atoms with Gasteiger partial charge >= 0.3 is 0 Å². The minimum Gasteiger partial charge on any atom is -0.496 e. The van der Waals surface area contributed by atoms with Gasteiger partial charge in [0.1, 0.15) is 11.5 Å². The van der Waals surface area contributed by atoms with Gasteiger partial charge in [-0.25, -0.2) is 0 Å². The predicted octanol–water partition coefficient (Wildman–Crippen LogP) is 4.83. The summed E-state index contributed by atoms with van der Waals surface area (Å²) >= 11 is 0. The van der Waals surface area contributed by atoms with Crippen LogP contribution in [0.3, 0.4) is 0 Å². The molecule has 1 aromatic carbocycles. The molecule has 0 radical (unpaired) electrons. The molecule has 0 aromatic heterocycles. The van der Waals surface area contributed by atoms with Crippen LogP contribution < -0.4 is 9.47 Å². The highest BCUT2D eigenvalue weighted by Gasteiger charge is 2.54. The van der Waals surface area contributed by atoms with Crippen molar-refractivity contribution < 1.29 is 14.6 Å². The molecule has 25 heavy (non-hydrogen) atoms. The van der Waals surface area contributed by atoms with Crippen molar-refractivity contribution in [2.45, 2.75) is 77.7 Å². The summed E-state index contributed by atoms with van der Waals surface area (Å²) in [5.41, 5.74) is 3.91. The molecule has 2 aliphatic carbocycles. The Morgan fingerprint density at radius 3 is 2.36 bits per heavy atom. The summed E-state index contributed by atoms with van der Waals surface area (Å²) in [6.45, 7) is 11.3. The van der Waals surface area contributed by atoms with Gasteiger partial charge in [-0.15, -0.1) is 0 Å². The SMILES string of the molecule is COc1cc2c(c(OC)c1C(C)C)CCC1C(C)(C)[C@@H](O)CC[C@]21C. The Balaban J connectivity index is 2.23. The van der Waals surface area contributed by atoms with E-state index in [4.69, 9.17) is 9.47 Å². The number of hydrogen-bond acceptors (Lipinski definition) is 3. The second kappa shape index (κ2) is 6.19. The largest absolute Gasteiger partial charge is 0.496 e. The van der Waals surface area contributed by atoms with Gasteiger partial charge in [-0.1, -0.05) is 34.6 Å². The summed E-state index contributed by atoms with van der Waals surface area (Å²) in [6.07, 6.45) is 3.77. The second-order valence-corrected chi connectivity index (χ2v) is 9.09. The summed E-state index contributed by atoms with van der Waals surface area (Å²) in [5, 5.41) is 10.6. The topological polar surface area (TPSA) is 38.7 Å². The van der Waals surface area contributed by atoms with Gasteiger partial charge in [0.25, 0.3) is 0 Å². The molecule has 140 valence electrons. The summed E-state index contributed by atoms with van der Waals surface area (Å²) in [5.74, 6) is 2.78. The van der Waals surface area contributed by atoms with E-state index in [0.717, 1.165) is 37.2 Å². The average molecular weight is 347 g/mol. The molecule has 3 heteroatoms. The normalized spacial score (nSPS) is 30.6. The van der Waals surface area contributed by atoms with Crippen LogP contribution in [0.5, 0.6) is 11.5 Å². The number of hydrogen-bond donors (Lipinski definition) is 1. The van der Waals surface area contributed by atoms with Gasteiger partial charge in [-0.05, 0) is 65.5 Å². The fourth-order valence-electron chi connectivity index (χ4n) is 5.74. The number of fused-ring (bicyclic) bond motifs is 3. The van der Waals surface area contributed by atoms with Crippen molar-refractivity contribution in [2.24, 2.45) is 11.3 Å². The number of aliphatic hydroxyl groups excluding tert-OH is 1. The first-order valence-corrected chi connectivity index (χ1v) is 9.64. The number of methoxy groups -OCH3 is 2. The van der Waals surface area contributed by atoms with Gasteiger partial charge < -0.3 is 14.6 Å². The molecule has 3 rings (SSSR count). The average Bonchev–Trinajstić information content (AvgIpc) is 2.56. The maximum atomic E-state index is 10.6. The second-order valence-electron chi connectivity index (χ2n) is 9.09. The fraction of sp³-hybridized carbons (Fsp3) is 0.727. The lowest BCUT2D eigenvalue weighted by Gasteiger charge is -2.56. The van der Waals surface area contributed by atoms with Crippen molar-refractivity contribution in [1.82, 2.24) is 0 Å². The molecule has 0 spiro atoms. The molecule has 0 bridgehead atoms. The van der Waals surface area contributed by atoms with Crippen LogP contribution >= 0.6 is 0 Å². The van der Waals surface area contributed by atoms with E-state index >= 15 is 0 Å². The van der Waals surface area contributed by atoms with Crippen LogP contribution in [0.1, 0.15) is 76.5 Å². The highest BCUT2D eigenvalue weighted by molar-refractivity contribution is 5.59. The molecule has 3 nitrogen and oxygen atoms in total. The lowest BCUT2D eigenvalue weighted by Crippen LogP contribution is -2.53. The van der Waals surface area contributed by atoms with Gasteiger partial charge in [-0.3, -0.25) is 0 Å². The lowest BCUT2D eigenvalue weighted by molar-refractivity contribution is -0.0732. The fourth-order valence-corrected chi connectivity index (χ4v) is 5.74. The predicted molar refractivity (Wildman–Crippen MR) is 102 cm³/mol. The van der Waals surface area contributed by atoms with Crippen molar-refractivity contribution in [3.8, 4) is 11.5 Å². The van der Waals surface area contributed by atoms with Crippen LogP contribution in [0.2, 0.25) is 0 Å². The lowest BCUT2D eigenvalue weighted by atomic mass is 9.49. The molecule has 0 amide bonds. The maximum absolute atomic E-state index is 10.6. The molecule has 1 fully saturated rings. The van der Waals surface area contributed by atoms with Crippen LogP contribution in [-0.4, -0.2) is 25.4 Å². The molecule has 1 aromatic rings. The molecule has 0 aliphatic heterocycles. The summed E-state index contributed by atoms with van der Waals surface area (Å²) in [6, 6.07) is 2.27. The van der Waals surface area contributed by atoms with Gasteiger partial charge in [0.15, 0.2) is 0 Å². The Hall–Kier alpha value is -1.22. The summed E-state index contributed by atoms with van der Waals surface area (Å²) in [4.78, 5) is 0. The highest BCUT2D eigenvalue weighted by Crippen LogP contribution is 2.59. The Morgan fingerprint density at radius 2 is 1.80 bits per heavy atom. The van der Waals surface area contributed by atoms with Gasteiger partial charge in [0.2, 0.25) is 0 Å². The first kappa shape index (κ1) is 18.6. The molecule has 0 saturated heterocycles. The van der Waals surface area contributed by atoms with Crippen molar-refractivity contribution in [3.05, 3.63) is 22.8 Å². The van der Waals surface area contributed by atoms with Crippen LogP contribution in [0.15, 0.2) is 6.07 Å². The molecule has 1 N–H and O–H groups in total. The van der Waals surface area contributed by atoms with E-state index in [9.17, 15) is 5.11 Å². The van der Waals surface area contributed by atoms with E-state index in [0.29, 0.717) is 11.8 Å². The molecule has 3 atom stereocenters. The Kier molecular flexibility index (Phi) is 4.60. The molecule has 1 saturated carbocycles. The first-order chi connectivity index (χ1) is 11.7. The zero-order valence-corrected chi connectivity index (χ0v) is 16.9. The summed E-state index contributed by atoms with van der Waals surface area (Å²) in [7, 11) is 3.54. The maximum Gasteiger partial charge on any atom is 0.129 e. The number of aliphatic hydroxyl groups is 1. The monoisotopic (exact) mass is 346 g/mol. The third kappa shape index (κ3) is 2.58. The van der Waals surface area contributed by atoms with E-state index in [2.05, 4.69) is 40.7 Å². The van der Waals surface area contributed by atoms with Crippen molar-refractivity contribution in [1.29, 1.82) is 0 Å².